The Labute approximate surface area is 126 Å². The summed E-state index contributed by atoms with van der Waals surface area (Å²) in [5.74, 6) is 0.844. The van der Waals surface area contributed by atoms with Gasteiger partial charge in [0.25, 0.3) is 0 Å². The Morgan fingerprint density at radius 2 is 2.24 bits per heavy atom. The first-order chi connectivity index (χ1) is 10.2. The number of nitrogens with zero attached hydrogens (tertiary/aromatic N) is 3. The van der Waals surface area contributed by atoms with Gasteiger partial charge in [0.2, 0.25) is 0 Å². The third kappa shape index (κ3) is 3.25. The minimum atomic E-state index is -0.0505. The van der Waals surface area contributed by atoms with Gasteiger partial charge in [-0.2, -0.15) is 0 Å². The van der Waals surface area contributed by atoms with Crippen molar-refractivity contribution in [2.45, 2.75) is 50.9 Å². The molecular weight excluding hydrogens is 266 g/mol. The molecule has 2 aliphatic rings. The number of rotatable bonds is 3. The Morgan fingerprint density at radius 3 is 2.95 bits per heavy atom. The van der Waals surface area contributed by atoms with Crippen molar-refractivity contribution >= 4 is 0 Å². The number of hydrogen-bond acceptors (Lipinski definition) is 5. The van der Waals surface area contributed by atoms with Crippen molar-refractivity contribution < 1.29 is 9.47 Å². The molecule has 1 unspecified atom stereocenters. The fraction of sp³-hybridized carbons (Fsp3) is 0.750. The summed E-state index contributed by atoms with van der Waals surface area (Å²) in [6.45, 7) is 5.81. The van der Waals surface area contributed by atoms with Gasteiger partial charge in [-0.3, -0.25) is 4.90 Å². The van der Waals surface area contributed by atoms with E-state index in [0.717, 1.165) is 63.4 Å². The van der Waals surface area contributed by atoms with Gasteiger partial charge in [-0.1, -0.05) is 0 Å². The molecule has 3 rings (SSSR count). The van der Waals surface area contributed by atoms with E-state index >= 15 is 0 Å². The number of methoxy groups -OCH3 is 1. The smallest absolute Gasteiger partial charge is 0.125 e. The van der Waals surface area contributed by atoms with Crippen LogP contribution in [0.25, 0.3) is 0 Å². The maximum absolute atomic E-state index is 6.15. The molecule has 3 heterocycles. The highest BCUT2D eigenvalue weighted by molar-refractivity contribution is 5.03. The third-order valence-electron chi connectivity index (χ3n) is 4.79. The zero-order valence-electron chi connectivity index (χ0n) is 13.0. The van der Waals surface area contributed by atoms with Crippen LogP contribution in [0.15, 0.2) is 12.3 Å². The molecule has 0 saturated carbocycles. The van der Waals surface area contributed by atoms with Gasteiger partial charge in [0.15, 0.2) is 0 Å². The maximum Gasteiger partial charge on any atom is 0.125 e. The highest BCUT2D eigenvalue weighted by Crippen LogP contribution is 2.36. The second-order valence-electron chi connectivity index (χ2n) is 6.15. The summed E-state index contributed by atoms with van der Waals surface area (Å²) in [7, 11) is 1.82. The molecule has 0 N–H and O–H groups in total. The van der Waals surface area contributed by atoms with E-state index in [9.17, 15) is 0 Å². The van der Waals surface area contributed by atoms with E-state index in [1.165, 1.54) is 0 Å². The molecule has 0 aromatic carbocycles. The largest absolute Gasteiger partial charge is 0.378 e. The van der Waals surface area contributed by atoms with Crippen LogP contribution in [0, 0.1) is 6.92 Å². The fourth-order valence-electron chi connectivity index (χ4n) is 3.61. The van der Waals surface area contributed by atoms with Crippen LogP contribution >= 0.6 is 0 Å². The van der Waals surface area contributed by atoms with Crippen LogP contribution in [-0.2, 0) is 16.0 Å². The van der Waals surface area contributed by atoms with Crippen LogP contribution in [0.1, 0.15) is 37.2 Å². The number of likely N-dealkylation sites (tertiary alicyclic amines) is 1. The molecule has 2 aliphatic heterocycles. The molecule has 5 nitrogen and oxygen atoms in total. The fourth-order valence-corrected chi connectivity index (χ4v) is 3.61. The minimum absolute atomic E-state index is 0.0505. The van der Waals surface area contributed by atoms with E-state index in [1.54, 1.807) is 0 Å². The van der Waals surface area contributed by atoms with E-state index in [1.807, 2.05) is 26.3 Å². The van der Waals surface area contributed by atoms with Crippen LogP contribution < -0.4 is 0 Å². The molecule has 0 radical (unpaired) electrons. The third-order valence-corrected chi connectivity index (χ3v) is 4.79. The average Bonchev–Trinajstić information content (AvgIpc) is 2.50. The summed E-state index contributed by atoms with van der Waals surface area (Å²) < 4.78 is 11.8. The lowest BCUT2D eigenvalue weighted by Gasteiger charge is -2.48. The van der Waals surface area contributed by atoms with Crippen molar-refractivity contribution in [3.63, 3.8) is 0 Å². The van der Waals surface area contributed by atoms with Crippen molar-refractivity contribution in [3.05, 3.63) is 23.8 Å². The van der Waals surface area contributed by atoms with Gasteiger partial charge in [-0.05, 0) is 38.7 Å². The number of hydrogen-bond donors (Lipinski definition) is 0. The van der Waals surface area contributed by atoms with Crippen molar-refractivity contribution in [3.8, 4) is 0 Å². The predicted molar refractivity (Wildman–Crippen MR) is 80.0 cm³/mol. The lowest BCUT2D eigenvalue weighted by molar-refractivity contribution is -0.186. The molecule has 0 bridgehead atoms. The zero-order valence-corrected chi connectivity index (χ0v) is 13.0. The summed E-state index contributed by atoms with van der Waals surface area (Å²) in [5.41, 5.74) is 1.05. The van der Waals surface area contributed by atoms with Gasteiger partial charge in [-0.25, -0.2) is 9.97 Å². The zero-order chi connectivity index (χ0) is 14.7. The monoisotopic (exact) mass is 291 g/mol. The molecule has 5 heteroatoms. The quantitative estimate of drug-likeness (QED) is 0.852. The number of aromatic nitrogens is 2. The van der Waals surface area contributed by atoms with E-state index in [2.05, 4.69) is 14.9 Å². The minimum Gasteiger partial charge on any atom is -0.378 e. The van der Waals surface area contributed by atoms with Crippen molar-refractivity contribution in [2.24, 2.45) is 0 Å². The van der Waals surface area contributed by atoms with Crippen LogP contribution in [0.2, 0.25) is 0 Å². The van der Waals surface area contributed by atoms with E-state index in [0.29, 0.717) is 0 Å². The molecule has 1 aromatic heterocycles. The first kappa shape index (κ1) is 14.9. The summed E-state index contributed by atoms with van der Waals surface area (Å²) in [6.07, 6.45) is 6.44. The first-order valence-electron chi connectivity index (χ1n) is 7.89. The molecule has 1 aromatic rings. The second kappa shape index (κ2) is 6.38. The van der Waals surface area contributed by atoms with Crippen molar-refractivity contribution in [1.82, 2.24) is 14.9 Å². The summed E-state index contributed by atoms with van der Waals surface area (Å²) in [6, 6.07) is 2.01. The van der Waals surface area contributed by atoms with Crippen molar-refractivity contribution in [2.75, 3.05) is 26.8 Å². The summed E-state index contributed by atoms with van der Waals surface area (Å²) in [5, 5.41) is 0. The lowest BCUT2D eigenvalue weighted by Crippen LogP contribution is -2.55. The average molecular weight is 291 g/mol. The Hall–Kier alpha value is -1.04. The number of piperidine rings is 1. The molecule has 116 valence electrons. The van der Waals surface area contributed by atoms with Gasteiger partial charge in [0.1, 0.15) is 5.82 Å². The Morgan fingerprint density at radius 1 is 1.43 bits per heavy atom. The molecule has 1 spiro atoms. The van der Waals surface area contributed by atoms with Gasteiger partial charge >= 0.3 is 0 Å². The highest BCUT2D eigenvalue weighted by Gasteiger charge is 2.44. The molecule has 2 fully saturated rings. The van der Waals surface area contributed by atoms with Crippen LogP contribution in [-0.4, -0.2) is 53.4 Å². The lowest BCUT2D eigenvalue weighted by atomic mass is 9.82. The molecule has 0 aliphatic carbocycles. The van der Waals surface area contributed by atoms with Crippen molar-refractivity contribution in [1.29, 1.82) is 0 Å². The molecule has 1 atom stereocenters. The first-order valence-corrected chi connectivity index (χ1v) is 7.89. The van der Waals surface area contributed by atoms with Gasteiger partial charge < -0.3 is 9.47 Å². The van der Waals surface area contributed by atoms with Gasteiger partial charge in [0, 0.05) is 39.5 Å². The van der Waals surface area contributed by atoms with E-state index in [-0.39, 0.29) is 11.7 Å². The predicted octanol–water partition coefficient (Wildman–Crippen LogP) is 1.95. The standard InChI is InChI=1S/C16H25N3O2/c1-13-17-8-5-14(18-13)12-19-9-6-16(7-10-19)15(20-2)4-3-11-21-16/h5,8,15H,3-4,6-7,9-12H2,1-2H3. The summed E-state index contributed by atoms with van der Waals surface area (Å²) in [4.78, 5) is 11.1. The van der Waals surface area contributed by atoms with E-state index < -0.39 is 0 Å². The highest BCUT2D eigenvalue weighted by atomic mass is 16.5. The SMILES string of the molecule is COC1CCCOC12CCN(Cc1ccnc(C)n1)CC2. The number of ether oxygens (including phenoxy) is 2. The normalized spacial score (nSPS) is 26.1. The molecule has 21 heavy (non-hydrogen) atoms. The van der Waals surface area contributed by atoms with Crippen LogP contribution in [0.4, 0.5) is 0 Å². The number of aryl methyl sites for hydroxylation is 1. The second-order valence-corrected chi connectivity index (χ2v) is 6.15. The Bertz CT molecular complexity index is 472. The van der Waals surface area contributed by atoms with Gasteiger partial charge in [0.05, 0.1) is 17.4 Å². The summed E-state index contributed by atoms with van der Waals surface area (Å²) >= 11 is 0. The molecular formula is C16H25N3O2. The van der Waals surface area contributed by atoms with E-state index in [4.69, 9.17) is 9.47 Å². The maximum atomic E-state index is 6.15. The Balaban J connectivity index is 1.59. The van der Waals surface area contributed by atoms with Crippen LogP contribution in [0.5, 0.6) is 0 Å². The topological polar surface area (TPSA) is 47.5 Å². The molecule has 2 saturated heterocycles. The molecule has 0 amide bonds. The Kier molecular flexibility index (Phi) is 4.52. The van der Waals surface area contributed by atoms with Crippen LogP contribution in [0.3, 0.4) is 0 Å². The van der Waals surface area contributed by atoms with Gasteiger partial charge in [-0.15, -0.1) is 0 Å².